The highest BCUT2D eigenvalue weighted by molar-refractivity contribution is 6.46. The molecule has 0 saturated carbocycles. The number of carbonyl (C=O) groups is 2. The number of rotatable bonds is 5. The van der Waals surface area contributed by atoms with Crippen LogP contribution in [-0.2, 0) is 22.4 Å². The van der Waals surface area contributed by atoms with Crippen LogP contribution in [0.2, 0.25) is 0 Å². The van der Waals surface area contributed by atoms with Crippen LogP contribution in [0.15, 0.2) is 78.5 Å². The van der Waals surface area contributed by atoms with Gasteiger partial charge in [-0.3, -0.25) is 19.7 Å². The zero-order valence-electron chi connectivity index (χ0n) is 18.0. The van der Waals surface area contributed by atoms with Gasteiger partial charge in [0, 0.05) is 24.4 Å². The first kappa shape index (κ1) is 20.6. The Morgan fingerprint density at radius 2 is 1.61 bits per heavy atom. The van der Waals surface area contributed by atoms with E-state index in [4.69, 9.17) is 0 Å². The molecule has 3 aromatic rings. The highest BCUT2D eigenvalue weighted by Gasteiger charge is 2.44. The number of nitro benzene ring substituents is 1. The summed E-state index contributed by atoms with van der Waals surface area (Å²) in [6, 6.07) is 21.0. The van der Waals surface area contributed by atoms with Crippen LogP contribution in [-0.4, -0.2) is 23.3 Å². The fourth-order valence-electron chi connectivity index (χ4n) is 4.46. The second-order valence-electron chi connectivity index (χ2n) is 8.02. The van der Waals surface area contributed by atoms with Crippen LogP contribution in [0.3, 0.4) is 0 Å². The van der Waals surface area contributed by atoms with Crippen molar-refractivity contribution in [1.82, 2.24) is 0 Å². The van der Waals surface area contributed by atoms with Crippen molar-refractivity contribution < 1.29 is 14.5 Å². The van der Waals surface area contributed by atoms with Crippen molar-refractivity contribution in [2.24, 2.45) is 0 Å². The Kier molecular flexibility index (Phi) is 5.01. The number of hydrogen-bond donors (Lipinski definition) is 0. The van der Waals surface area contributed by atoms with Gasteiger partial charge >= 0.3 is 0 Å². The molecule has 0 atom stereocenters. The Morgan fingerprint density at radius 3 is 2.27 bits per heavy atom. The summed E-state index contributed by atoms with van der Waals surface area (Å²) in [7, 11) is 0. The minimum atomic E-state index is -0.487. The summed E-state index contributed by atoms with van der Waals surface area (Å²) in [5, 5.41) is 11.1. The van der Waals surface area contributed by atoms with Gasteiger partial charge < -0.3 is 4.90 Å². The molecule has 164 valence electrons. The molecule has 0 saturated heterocycles. The van der Waals surface area contributed by atoms with E-state index in [1.807, 2.05) is 48.2 Å². The average molecular weight is 439 g/mol. The van der Waals surface area contributed by atoms with Crippen LogP contribution in [0, 0.1) is 10.1 Å². The van der Waals surface area contributed by atoms with E-state index >= 15 is 0 Å². The van der Waals surface area contributed by atoms with Crippen LogP contribution in [0.1, 0.15) is 23.6 Å². The maximum atomic E-state index is 13.7. The second-order valence-corrected chi connectivity index (χ2v) is 8.02. The molecule has 2 aliphatic rings. The summed E-state index contributed by atoms with van der Waals surface area (Å²) in [6.07, 6.45) is 1.62. The quantitative estimate of drug-likeness (QED) is 0.332. The van der Waals surface area contributed by atoms with Gasteiger partial charge in [-0.05, 0) is 59.9 Å². The lowest BCUT2D eigenvalue weighted by atomic mass is 10.0. The number of imide groups is 1. The highest BCUT2D eigenvalue weighted by atomic mass is 16.6. The third-order valence-corrected chi connectivity index (χ3v) is 6.19. The van der Waals surface area contributed by atoms with Crippen molar-refractivity contribution in [1.29, 1.82) is 0 Å². The van der Waals surface area contributed by atoms with Gasteiger partial charge in [0.2, 0.25) is 0 Å². The van der Waals surface area contributed by atoms with Crippen LogP contribution < -0.4 is 9.80 Å². The second kappa shape index (κ2) is 8.02. The highest BCUT2D eigenvalue weighted by Crippen LogP contribution is 2.40. The lowest BCUT2D eigenvalue weighted by Gasteiger charge is -2.22. The van der Waals surface area contributed by atoms with E-state index in [1.54, 1.807) is 12.1 Å². The van der Waals surface area contributed by atoms with Gasteiger partial charge in [0.1, 0.15) is 5.70 Å². The standard InChI is InChI=1S/C26H21N3O4/c1-2-17-7-11-20(12-8-17)28-25(30)23(19-9-13-21(14-10-19)29(32)33)24(26(28)31)27-16-15-18-5-3-4-6-22(18)27/h3-14H,2,15-16H2,1H3. The molecule has 3 aromatic carbocycles. The molecule has 0 unspecified atom stereocenters. The molecule has 2 aliphatic heterocycles. The number of carbonyl (C=O) groups excluding carboxylic acids is 2. The van der Waals surface area contributed by atoms with Gasteiger partial charge in [-0.2, -0.15) is 0 Å². The SMILES string of the molecule is CCc1ccc(N2C(=O)C(c3ccc([N+](=O)[O-])cc3)=C(N3CCc4ccccc43)C2=O)cc1. The number of amides is 2. The van der Waals surface area contributed by atoms with Crippen molar-refractivity contribution >= 4 is 34.4 Å². The maximum absolute atomic E-state index is 13.7. The Balaban J connectivity index is 1.65. The predicted molar refractivity (Wildman–Crippen MR) is 126 cm³/mol. The van der Waals surface area contributed by atoms with Crippen molar-refractivity contribution in [2.75, 3.05) is 16.3 Å². The van der Waals surface area contributed by atoms with Gasteiger partial charge in [0.15, 0.2) is 0 Å². The number of nitro groups is 1. The van der Waals surface area contributed by atoms with Crippen molar-refractivity contribution in [3.8, 4) is 0 Å². The first-order valence-electron chi connectivity index (χ1n) is 10.8. The summed E-state index contributed by atoms with van der Waals surface area (Å²) in [4.78, 5) is 41.1. The number of para-hydroxylation sites is 1. The van der Waals surface area contributed by atoms with E-state index in [9.17, 15) is 19.7 Å². The van der Waals surface area contributed by atoms with Gasteiger partial charge in [0.05, 0.1) is 16.2 Å². The fourth-order valence-corrected chi connectivity index (χ4v) is 4.46. The number of fused-ring (bicyclic) bond motifs is 1. The zero-order chi connectivity index (χ0) is 23.1. The Bertz CT molecular complexity index is 1310. The topological polar surface area (TPSA) is 83.8 Å². The molecular weight excluding hydrogens is 418 g/mol. The number of anilines is 2. The third kappa shape index (κ3) is 3.38. The molecule has 2 amide bonds. The van der Waals surface area contributed by atoms with E-state index in [-0.39, 0.29) is 11.3 Å². The summed E-state index contributed by atoms with van der Waals surface area (Å²) in [5.74, 6) is -0.827. The number of benzene rings is 3. The van der Waals surface area contributed by atoms with Crippen LogP contribution in [0.5, 0.6) is 0 Å². The van der Waals surface area contributed by atoms with E-state index in [2.05, 4.69) is 0 Å². The number of hydrogen-bond acceptors (Lipinski definition) is 5. The Morgan fingerprint density at radius 1 is 0.909 bits per heavy atom. The van der Waals surface area contributed by atoms with Crippen molar-refractivity contribution in [3.05, 3.63) is 105 Å². The summed E-state index contributed by atoms with van der Waals surface area (Å²) < 4.78 is 0. The fraction of sp³-hybridized carbons (Fsp3) is 0.154. The van der Waals surface area contributed by atoms with Crippen LogP contribution >= 0.6 is 0 Å². The molecule has 0 fully saturated rings. The zero-order valence-corrected chi connectivity index (χ0v) is 18.0. The molecule has 0 radical (unpaired) electrons. The molecular formula is C26H21N3O4. The minimum Gasteiger partial charge on any atom is -0.336 e. The smallest absolute Gasteiger partial charge is 0.282 e. The molecule has 0 aromatic heterocycles. The average Bonchev–Trinajstić information content (AvgIpc) is 3.37. The normalized spacial score (nSPS) is 15.4. The minimum absolute atomic E-state index is 0.0730. The van der Waals surface area contributed by atoms with Crippen molar-refractivity contribution in [2.45, 2.75) is 19.8 Å². The summed E-state index contributed by atoms with van der Waals surface area (Å²) in [6.45, 7) is 2.62. The first-order chi connectivity index (χ1) is 16.0. The van der Waals surface area contributed by atoms with Gasteiger partial charge in [-0.25, -0.2) is 4.90 Å². The van der Waals surface area contributed by atoms with Crippen LogP contribution in [0.25, 0.3) is 5.57 Å². The Labute approximate surface area is 190 Å². The van der Waals surface area contributed by atoms with Gasteiger partial charge in [-0.15, -0.1) is 0 Å². The number of nitrogens with zero attached hydrogens (tertiary/aromatic N) is 3. The van der Waals surface area contributed by atoms with E-state index < -0.39 is 16.7 Å². The lowest BCUT2D eigenvalue weighted by molar-refractivity contribution is -0.384. The van der Waals surface area contributed by atoms with E-state index in [0.29, 0.717) is 23.5 Å². The lowest BCUT2D eigenvalue weighted by Crippen LogP contribution is -2.34. The van der Waals surface area contributed by atoms with Gasteiger partial charge in [-0.1, -0.05) is 37.3 Å². The molecule has 7 heteroatoms. The summed E-state index contributed by atoms with van der Waals surface area (Å²) in [5.41, 5.74) is 4.58. The van der Waals surface area contributed by atoms with Gasteiger partial charge in [0.25, 0.3) is 17.5 Å². The van der Waals surface area contributed by atoms with E-state index in [0.717, 1.165) is 29.7 Å². The van der Waals surface area contributed by atoms with Crippen LogP contribution in [0.4, 0.5) is 17.1 Å². The molecule has 5 rings (SSSR count). The third-order valence-electron chi connectivity index (χ3n) is 6.19. The molecule has 33 heavy (non-hydrogen) atoms. The number of aryl methyl sites for hydroxylation is 1. The Hall–Kier alpha value is -4.26. The number of non-ortho nitro benzene ring substituents is 1. The monoisotopic (exact) mass is 439 g/mol. The molecule has 7 nitrogen and oxygen atoms in total. The first-order valence-corrected chi connectivity index (χ1v) is 10.8. The van der Waals surface area contributed by atoms with E-state index in [1.165, 1.54) is 29.2 Å². The largest absolute Gasteiger partial charge is 0.336 e. The molecule has 0 spiro atoms. The summed E-state index contributed by atoms with van der Waals surface area (Å²) >= 11 is 0. The molecule has 0 bridgehead atoms. The molecule has 0 N–H and O–H groups in total. The maximum Gasteiger partial charge on any atom is 0.282 e. The predicted octanol–water partition coefficient (Wildman–Crippen LogP) is 4.50. The molecule has 0 aliphatic carbocycles. The van der Waals surface area contributed by atoms with Crippen molar-refractivity contribution in [3.63, 3.8) is 0 Å². The molecule has 2 heterocycles.